The van der Waals surface area contributed by atoms with Gasteiger partial charge in [0.25, 0.3) is 0 Å². The van der Waals surface area contributed by atoms with Crippen molar-refractivity contribution in [3.63, 3.8) is 0 Å². The molecule has 162 valence electrons. The van der Waals surface area contributed by atoms with Gasteiger partial charge in [0.05, 0.1) is 24.2 Å². The topological polar surface area (TPSA) is 85.6 Å². The summed E-state index contributed by atoms with van der Waals surface area (Å²) >= 11 is 0. The van der Waals surface area contributed by atoms with Crippen molar-refractivity contribution in [2.75, 3.05) is 16.8 Å². The van der Waals surface area contributed by atoms with E-state index in [1.165, 1.54) is 0 Å². The summed E-state index contributed by atoms with van der Waals surface area (Å²) in [5.74, 6) is 0.337. The quantitative estimate of drug-likeness (QED) is 0.635. The summed E-state index contributed by atoms with van der Waals surface area (Å²) in [6, 6.07) is 25.2. The minimum Gasteiger partial charge on any atom is -0.485 e. The predicted molar refractivity (Wildman–Crippen MR) is 123 cm³/mol. The Morgan fingerprint density at radius 3 is 2.41 bits per heavy atom. The lowest BCUT2D eigenvalue weighted by molar-refractivity contribution is -0.120. The number of amides is 1. The number of rotatable bonds is 5. The average molecular weight is 428 g/mol. The number of hydrogen-bond donors (Lipinski definition) is 2. The first kappa shape index (κ1) is 21.4. The van der Waals surface area contributed by atoms with Crippen molar-refractivity contribution in [1.29, 1.82) is 5.26 Å². The van der Waals surface area contributed by atoms with Gasteiger partial charge in [-0.3, -0.25) is 4.79 Å². The Kier molecular flexibility index (Phi) is 5.85. The molecule has 6 heteroatoms. The molecule has 0 aromatic heterocycles. The van der Waals surface area contributed by atoms with Crippen molar-refractivity contribution in [3.05, 3.63) is 90.0 Å². The summed E-state index contributed by atoms with van der Waals surface area (Å²) in [5.41, 5.74) is 1.59. The van der Waals surface area contributed by atoms with Gasteiger partial charge in [-0.25, -0.2) is 0 Å². The van der Waals surface area contributed by atoms with E-state index in [0.717, 1.165) is 5.69 Å². The minimum absolute atomic E-state index is 0.0384. The average Bonchev–Trinajstić information content (AvgIpc) is 2.81. The fourth-order valence-corrected chi connectivity index (χ4v) is 3.98. The van der Waals surface area contributed by atoms with Crippen LogP contribution < -0.4 is 15.0 Å². The number of hydrogen-bond acceptors (Lipinski definition) is 5. The maximum absolute atomic E-state index is 13.6. The molecule has 0 aliphatic carbocycles. The predicted octanol–water partition coefficient (Wildman–Crippen LogP) is 4.28. The van der Waals surface area contributed by atoms with Gasteiger partial charge >= 0.3 is 0 Å². The van der Waals surface area contributed by atoms with E-state index in [9.17, 15) is 15.2 Å². The Morgan fingerprint density at radius 2 is 1.75 bits per heavy atom. The second-order valence-corrected chi connectivity index (χ2v) is 8.28. The maximum atomic E-state index is 13.6. The van der Waals surface area contributed by atoms with E-state index in [1.807, 2.05) is 60.7 Å². The number of aliphatic hydroxyl groups is 1. The molecule has 0 radical (unpaired) electrons. The number of anilines is 2. The summed E-state index contributed by atoms with van der Waals surface area (Å²) in [5, 5.41) is 23.9. The van der Waals surface area contributed by atoms with E-state index < -0.39 is 17.7 Å². The first-order valence-electron chi connectivity index (χ1n) is 10.5. The highest BCUT2D eigenvalue weighted by atomic mass is 16.5. The lowest BCUT2D eigenvalue weighted by Gasteiger charge is -2.46. The first-order chi connectivity index (χ1) is 15.4. The van der Waals surface area contributed by atoms with Crippen LogP contribution in [0, 0.1) is 11.3 Å². The fourth-order valence-electron chi connectivity index (χ4n) is 3.98. The highest BCUT2D eigenvalue weighted by Gasteiger charge is 2.47. The number of benzene rings is 3. The van der Waals surface area contributed by atoms with Gasteiger partial charge in [-0.15, -0.1) is 0 Å². The van der Waals surface area contributed by atoms with Crippen LogP contribution in [0.2, 0.25) is 0 Å². The highest BCUT2D eigenvalue weighted by Crippen LogP contribution is 2.44. The van der Waals surface area contributed by atoms with Crippen molar-refractivity contribution in [2.24, 2.45) is 0 Å². The van der Waals surface area contributed by atoms with E-state index in [2.05, 4.69) is 11.4 Å². The van der Waals surface area contributed by atoms with Crippen LogP contribution in [0.25, 0.3) is 0 Å². The molecule has 3 aromatic rings. The molecule has 32 heavy (non-hydrogen) atoms. The number of para-hydroxylation sites is 2. The fraction of sp³-hybridized carbons (Fsp3) is 0.231. The van der Waals surface area contributed by atoms with Crippen molar-refractivity contribution in [1.82, 2.24) is 0 Å². The number of carbonyl (C=O) groups excluding carboxylic acids is 1. The van der Waals surface area contributed by atoms with Crippen LogP contribution in [0.4, 0.5) is 11.4 Å². The van der Waals surface area contributed by atoms with Crippen LogP contribution in [0.3, 0.4) is 0 Å². The van der Waals surface area contributed by atoms with Gasteiger partial charge in [0, 0.05) is 16.9 Å². The highest BCUT2D eigenvalue weighted by molar-refractivity contribution is 5.97. The molecule has 0 spiro atoms. The Bertz CT molecular complexity index is 1140. The Labute approximate surface area is 187 Å². The zero-order valence-electron chi connectivity index (χ0n) is 18.0. The van der Waals surface area contributed by atoms with Gasteiger partial charge in [-0.05, 0) is 56.3 Å². The lowest BCUT2D eigenvalue weighted by atomic mass is 9.84. The van der Waals surface area contributed by atoms with Crippen LogP contribution in [0.5, 0.6) is 5.75 Å². The third kappa shape index (κ3) is 4.16. The van der Waals surface area contributed by atoms with Gasteiger partial charge in [-0.1, -0.05) is 36.4 Å². The molecule has 1 aliphatic heterocycles. The van der Waals surface area contributed by atoms with E-state index in [-0.39, 0.29) is 12.5 Å². The summed E-state index contributed by atoms with van der Waals surface area (Å²) in [6.45, 7) is 3.63. The summed E-state index contributed by atoms with van der Waals surface area (Å²) in [7, 11) is 0. The molecule has 0 saturated carbocycles. The monoisotopic (exact) mass is 427 g/mol. The molecule has 0 bridgehead atoms. The second-order valence-electron chi connectivity index (χ2n) is 8.28. The number of ether oxygens (including phenoxy) is 1. The molecule has 2 atom stereocenters. The van der Waals surface area contributed by atoms with Crippen molar-refractivity contribution >= 4 is 17.3 Å². The molecule has 0 fully saturated rings. The molecule has 1 heterocycles. The number of nitrogens with one attached hydrogen (secondary N) is 1. The van der Waals surface area contributed by atoms with Gasteiger partial charge in [0.1, 0.15) is 17.5 Å². The Balaban J connectivity index is 1.78. The zero-order chi connectivity index (χ0) is 22.7. The molecule has 2 N–H and O–H groups in total. The summed E-state index contributed by atoms with van der Waals surface area (Å²) in [6.07, 6.45) is -1.02. The van der Waals surface area contributed by atoms with E-state index in [0.29, 0.717) is 22.6 Å². The second kappa shape index (κ2) is 8.74. The Hall–Kier alpha value is -3.82. The number of nitriles is 1. The smallest absolute Gasteiger partial charge is 0.246 e. The first-order valence-corrected chi connectivity index (χ1v) is 10.5. The summed E-state index contributed by atoms with van der Waals surface area (Å²) in [4.78, 5) is 15.2. The normalized spacial score (nSPS) is 18.6. The van der Waals surface area contributed by atoms with Gasteiger partial charge < -0.3 is 20.1 Å². The van der Waals surface area contributed by atoms with Gasteiger partial charge in [0.15, 0.2) is 0 Å². The molecule has 1 aliphatic rings. The van der Waals surface area contributed by atoms with Crippen LogP contribution in [0.15, 0.2) is 78.9 Å². The molecule has 6 nitrogen and oxygen atoms in total. The minimum atomic E-state index is -1.02. The molecule has 4 rings (SSSR count). The number of aliphatic hydroxyl groups excluding tert-OH is 1. The standard InChI is InChI=1S/C26H25N3O3/c1-26(2)25(31)24(21-15-18(16-27)13-14-22(21)32-26)29(20-11-7-4-8-12-20)23(30)17-28-19-9-5-3-6-10-19/h3-15,24-25,28,31H,17H2,1-2H3. The molecule has 3 aromatic carbocycles. The third-order valence-electron chi connectivity index (χ3n) is 5.64. The van der Waals surface area contributed by atoms with Crippen LogP contribution in [0.1, 0.15) is 31.0 Å². The van der Waals surface area contributed by atoms with Gasteiger partial charge in [-0.2, -0.15) is 5.26 Å². The van der Waals surface area contributed by atoms with Crippen LogP contribution >= 0.6 is 0 Å². The van der Waals surface area contributed by atoms with E-state index >= 15 is 0 Å². The number of nitrogens with zero attached hydrogens (tertiary/aromatic N) is 2. The third-order valence-corrected chi connectivity index (χ3v) is 5.64. The molecular formula is C26H25N3O3. The molecular weight excluding hydrogens is 402 g/mol. The molecule has 0 saturated heterocycles. The van der Waals surface area contributed by atoms with E-state index in [4.69, 9.17) is 4.74 Å². The molecule has 2 unspecified atom stereocenters. The lowest BCUT2D eigenvalue weighted by Crippen LogP contribution is -2.55. The van der Waals surface area contributed by atoms with E-state index in [1.54, 1.807) is 36.9 Å². The molecule has 1 amide bonds. The largest absolute Gasteiger partial charge is 0.485 e. The maximum Gasteiger partial charge on any atom is 0.246 e. The van der Waals surface area contributed by atoms with Crippen molar-refractivity contribution in [2.45, 2.75) is 31.6 Å². The van der Waals surface area contributed by atoms with Crippen molar-refractivity contribution < 1.29 is 14.6 Å². The van der Waals surface area contributed by atoms with Crippen molar-refractivity contribution in [3.8, 4) is 11.8 Å². The zero-order valence-corrected chi connectivity index (χ0v) is 18.0. The van der Waals surface area contributed by atoms with Crippen LogP contribution in [-0.4, -0.2) is 29.3 Å². The van der Waals surface area contributed by atoms with Crippen LogP contribution in [-0.2, 0) is 4.79 Å². The SMILES string of the molecule is CC1(C)Oc2ccc(C#N)cc2C(N(C(=O)CNc2ccccc2)c2ccccc2)C1O. The number of carbonyl (C=O) groups is 1. The summed E-state index contributed by atoms with van der Waals surface area (Å²) < 4.78 is 6.04. The van der Waals surface area contributed by atoms with Gasteiger partial charge in [0.2, 0.25) is 5.91 Å². The Morgan fingerprint density at radius 1 is 1.09 bits per heavy atom. The number of fused-ring (bicyclic) bond motifs is 1.